The van der Waals surface area contributed by atoms with Crippen molar-refractivity contribution in [1.29, 1.82) is 0 Å². The van der Waals surface area contributed by atoms with E-state index in [1.165, 1.54) is 65.9 Å². The highest BCUT2D eigenvalue weighted by Gasteiger charge is 2.24. The van der Waals surface area contributed by atoms with E-state index in [-0.39, 0.29) is 0 Å². The number of benzene rings is 7. The van der Waals surface area contributed by atoms with Gasteiger partial charge in [0.15, 0.2) is 0 Å². The fraction of sp³-hybridized carbons (Fsp3) is 0.0435. The molecule has 49 heavy (non-hydrogen) atoms. The molecule has 3 aromatic heterocycles. The third-order valence-corrected chi connectivity index (χ3v) is 10.6. The van der Waals surface area contributed by atoms with Crippen molar-refractivity contribution < 1.29 is 4.42 Å². The lowest BCUT2D eigenvalue weighted by Crippen LogP contribution is -2.00. The molecule has 0 fully saturated rings. The van der Waals surface area contributed by atoms with Gasteiger partial charge in [0.2, 0.25) is 0 Å². The summed E-state index contributed by atoms with van der Waals surface area (Å²) in [5, 5.41) is 8.70. The summed E-state index contributed by atoms with van der Waals surface area (Å²) >= 11 is 0. The first-order chi connectivity index (χ1) is 24.3. The zero-order chi connectivity index (χ0) is 32.1. The topological polar surface area (TPSA) is 23.0 Å². The van der Waals surface area contributed by atoms with E-state index in [0.717, 1.165) is 46.2 Å². The summed E-state index contributed by atoms with van der Waals surface area (Å²) < 4.78 is 11.2. The Balaban J connectivity index is 1.18. The van der Waals surface area contributed by atoms with Crippen LogP contribution in [0.5, 0.6) is 0 Å². The molecule has 10 aromatic rings. The van der Waals surface area contributed by atoms with Crippen molar-refractivity contribution in [3.05, 3.63) is 163 Å². The number of hydrogen-bond donors (Lipinski definition) is 0. The van der Waals surface area contributed by atoms with Gasteiger partial charge in [-0.3, -0.25) is 0 Å². The van der Waals surface area contributed by atoms with E-state index in [1.54, 1.807) is 0 Å². The molecule has 3 heterocycles. The van der Waals surface area contributed by atoms with Gasteiger partial charge in [0, 0.05) is 44.0 Å². The van der Waals surface area contributed by atoms with Gasteiger partial charge in [-0.2, -0.15) is 0 Å². The maximum Gasteiger partial charge on any atom is 0.135 e. The number of aryl methyl sites for hydroxylation is 1. The van der Waals surface area contributed by atoms with Gasteiger partial charge in [-0.25, -0.2) is 0 Å². The van der Waals surface area contributed by atoms with Crippen LogP contribution in [-0.2, 0) is 6.42 Å². The molecule has 3 heteroatoms. The summed E-state index contributed by atoms with van der Waals surface area (Å²) in [6.45, 7) is 0. The summed E-state index contributed by atoms with van der Waals surface area (Å²) in [6.07, 6.45) is 6.74. The minimum atomic E-state index is 0.916. The number of fused-ring (bicyclic) bond motifs is 11. The Morgan fingerprint density at radius 1 is 0.510 bits per heavy atom. The number of allylic oxidation sites excluding steroid dienone is 1. The largest absolute Gasteiger partial charge is 0.456 e. The van der Waals surface area contributed by atoms with E-state index in [9.17, 15) is 0 Å². The average molecular weight is 627 g/mol. The number of para-hydroxylation sites is 2. The van der Waals surface area contributed by atoms with Gasteiger partial charge < -0.3 is 13.6 Å². The first kappa shape index (κ1) is 26.7. The predicted molar refractivity (Wildman–Crippen MR) is 205 cm³/mol. The van der Waals surface area contributed by atoms with Crippen molar-refractivity contribution in [1.82, 2.24) is 9.13 Å². The van der Waals surface area contributed by atoms with Gasteiger partial charge in [0.25, 0.3) is 0 Å². The van der Waals surface area contributed by atoms with Crippen molar-refractivity contribution in [3.8, 4) is 22.5 Å². The molecule has 0 saturated carbocycles. The second-order valence-electron chi connectivity index (χ2n) is 13.2. The van der Waals surface area contributed by atoms with Crippen LogP contribution in [-0.4, -0.2) is 9.13 Å². The molecule has 0 amide bonds. The average Bonchev–Trinajstić information content (AvgIpc) is 3.82. The molecular formula is C46H30N2O. The smallest absolute Gasteiger partial charge is 0.135 e. The highest BCUT2D eigenvalue weighted by Crippen LogP contribution is 2.43. The highest BCUT2D eigenvalue weighted by molar-refractivity contribution is 6.22. The van der Waals surface area contributed by atoms with Crippen LogP contribution >= 0.6 is 0 Å². The fourth-order valence-electron chi connectivity index (χ4n) is 8.44. The Bertz CT molecular complexity index is 2980. The molecule has 0 spiro atoms. The summed E-state index contributed by atoms with van der Waals surface area (Å²) in [4.78, 5) is 0. The molecule has 11 rings (SSSR count). The van der Waals surface area contributed by atoms with Crippen molar-refractivity contribution in [3.63, 3.8) is 0 Å². The normalized spacial score (nSPS) is 13.1. The first-order valence-electron chi connectivity index (χ1n) is 17.1. The Morgan fingerprint density at radius 2 is 1.27 bits per heavy atom. The lowest BCUT2D eigenvalue weighted by Gasteiger charge is -2.13. The van der Waals surface area contributed by atoms with Crippen LogP contribution in [0.4, 0.5) is 0 Å². The Morgan fingerprint density at radius 3 is 2.18 bits per heavy atom. The van der Waals surface area contributed by atoms with E-state index in [1.807, 2.05) is 6.07 Å². The van der Waals surface area contributed by atoms with E-state index in [2.05, 4.69) is 161 Å². The summed E-state index contributed by atoms with van der Waals surface area (Å²) in [7, 11) is 0. The van der Waals surface area contributed by atoms with E-state index < -0.39 is 0 Å². The molecule has 0 N–H and O–H groups in total. The molecule has 0 radical (unpaired) electrons. The van der Waals surface area contributed by atoms with Crippen LogP contribution in [0.25, 0.3) is 94.0 Å². The fourth-order valence-corrected chi connectivity index (χ4v) is 8.44. The number of nitrogens with zero attached hydrogens (tertiary/aromatic N) is 2. The van der Waals surface area contributed by atoms with Gasteiger partial charge in [0.1, 0.15) is 11.2 Å². The molecule has 1 aliphatic rings. The van der Waals surface area contributed by atoms with Crippen LogP contribution < -0.4 is 0 Å². The number of rotatable bonds is 3. The molecule has 0 saturated heterocycles. The summed E-state index contributed by atoms with van der Waals surface area (Å²) in [5.41, 5.74) is 13.0. The minimum absolute atomic E-state index is 0.916. The third-order valence-electron chi connectivity index (χ3n) is 10.6. The minimum Gasteiger partial charge on any atom is -0.456 e. The molecule has 0 unspecified atom stereocenters. The highest BCUT2D eigenvalue weighted by atomic mass is 16.3. The Labute approximate surface area is 282 Å². The predicted octanol–water partition coefficient (Wildman–Crippen LogP) is 12.4. The van der Waals surface area contributed by atoms with Crippen molar-refractivity contribution in [2.45, 2.75) is 12.8 Å². The maximum absolute atomic E-state index is 6.24. The number of aromatic nitrogens is 2. The van der Waals surface area contributed by atoms with E-state index in [0.29, 0.717) is 0 Å². The molecule has 0 bridgehead atoms. The van der Waals surface area contributed by atoms with Crippen molar-refractivity contribution in [2.75, 3.05) is 0 Å². The van der Waals surface area contributed by atoms with Crippen LogP contribution in [0.1, 0.15) is 17.7 Å². The first-order valence-corrected chi connectivity index (χ1v) is 17.1. The van der Waals surface area contributed by atoms with Gasteiger partial charge in [-0.15, -0.1) is 0 Å². The number of hydrogen-bond acceptors (Lipinski definition) is 1. The SMILES string of the molecule is C1=Cc2c(c3ccc4c(c5ccccc5n4-c4ccc(-c5cccc6ccccc56)cc4)c3n2-c2ccc3oc4ccccc4c3c2)CC1. The Hall–Kier alpha value is -6.32. The zero-order valence-corrected chi connectivity index (χ0v) is 26.7. The van der Waals surface area contributed by atoms with Crippen LogP contribution in [0.2, 0.25) is 0 Å². The van der Waals surface area contributed by atoms with Crippen molar-refractivity contribution >= 4 is 71.5 Å². The van der Waals surface area contributed by atoms with Gasteiger partial charge in [0.05, 0.1) is 16.6 Å². The van der Waals surface area contributed by atoms with Crippen molar-refractivity contribution in [2.24, 2.45) is 0 Å². The molecule has 0 aliphatic heterocycles. The van der Waals surface area contributed by atoms with Gasteiger partial charge in [-0.1, -0.05) is 103 Å². The number of furan rings is 1. The lowest BCUT2D eigenvalue weighted by atomic mass is 9.98. The molecule has 3 nitrogen and oxygen atoms in total. The third kappa shape index (κ3) is 3.78. The second-order valence-corrected chi connectivity index (χ2v) is 13.2. The van der Waals surface area contributed by atoms with Gasteiger partial charge >= 0.3 is 0 Å². The summed E-state index contributed by atoms with van der Waals surface area (Å²) in [5.74, 6) is 0. The molecule has 7 aromatic carbocycles. The lowest BCUT2D eigenvalue weighted by molar-refractivity contribution is 0.669. The molecule has 1 aliphatic carbocycles. The quantitative estimate of drug-likeness (QED) is 0.191. The van der Waals surface area contributed by atoms with Crippen LogP contribution in [0, 0.1) is 0 Å². The zero-order valence-electron chi connectivity index (χ0n) is 26.7. The van der Waals surface area contributed by atoms with E-state index >= 15 is 0 Å². The standard InChI is InChI=1S/C46H30N2O/c1-2-12-33-29(10-1)11-9-16-34(33)30-20-22-31(23-21-30)47-41-18-7-4-15-38(41)45-42(47)26-25-37-35-13-3-6-17-40(35)48(46(37)45)32-24-27-44-39(28-32)36-14-5-8-19-43(36)49-44/h1-2,4-12,14-28H,3,13H2. The second kappa shape index (κ2) is 10.1. The van der Waals surface area contributed by atoms with E-state index in [4.69, 9.17) is 4.42 Å². The van der Waals surface area contributed by atoms with Crippen LogP contribution in [0.15, 0.2) is 156 Å². The van der Waals surface area contributed by atoms with Gasteiger partial charge in [-0.05, 0) is 94.9 Å². The maximum atomic E-state index is 6.24. The molecule has 230 valence electrons. The Kier molecular flexibility index (Phi) is 5.50. The molecular weight excluding hydrogens is 597 g/mol. The van der Waals surface area contributed by atoms with Crippen LogP contribution in [0.3, 0.4) is 0 Å². The summed E-state index contributed by atoms with van der Waals surface area (Å²) in [6, 6.07) is 52.9. The molecule has 0 atom stereocenters. The monoisotopic (exact) mass is 626 g/mol.